The van der Waals surface area contributed by atoms with Crippen molar-refractivity contribution in [2.75, 3.05) is 5.43 Å². The number of nitrogens with zero attached hydrogens (tertiary/aromatic N) is 2. The molecule has 0 aliphatic carbocycles. The lowest BCUT2D eigenvalue weighted by molar-refractivity contribution is 0.636. The maximum Gasteiger partial charge on any atom is 0.273 e. The number of pyridine rings is 1. The van der Waals surface area contributed by atoms with E-state index < -0.39 is 0 Å². The Morgan fingerprint density at radius 3 is 2.67 bits per heavy atom. The first-order valence-electron chi connectivity index (χ1n) is 6.33. The van der Waals surface area contributed by atoms with Crippen LogP contribution >= 0.6 is 0 Å². The van der Waals surface area contributed by atoms with Gasteiger partial charge in [-0.1, -0.05) is 18.2 Å². The molecule has 0 radical (unpaired) electrons. The van der Waals surface area contributed by atoms with E-state index in [-0.39, 0.29) is 17.7 Å². The zero-order chi connectivity index (χ0) is 14.8. The molecule has 0 amide bonds. The number of hydrogen-bond acceptors (Lipinski definition) is 5. The van der Waals surface area contributed by atoms with Crippen LogP contribution in [0.4, 0.5) is 5.82 Å². The zero-order valence-corrected chi connectivity index (χ0v) is 11.0. The Hall–Kier alpha value is -2.93. The number of hydrazine groups is 1. The van der Waals surface area contributed by atoms with E-state index in [4.69, 9.17) is 5.84 Å². The molecule has 0 atom stereocenters. The van der Waals surface area contributed by atoms with Crippen molar-refractivity contribution in [1.82, 2.24) is 14.8 Å². The van der Waals surface area contributed by atoms with Crippen LogP contribution in [-0.2, 0) is 6.54 Å². The summed E-state index contributed by atoms with van der Waals surface area (Å²) in [5.74, 6) is 5.85. The first-order valence-corrected chi connectivity index (χ1v) is 6.33. The lowest BCUT2D eigenvalue weighted by Gasteiger charge is -2.10. The summed E-state index contributed by atoms with van der Waals surface area (Å²) in [6.45, 7) is 0.173. The number of nitrogens with two attached hydrogens (primary N) is 1. The molecule has 7 heteroatoms. The maximum atomic E-state index is 12.4. The zero-order valence-electron chi connectivity index (χ0n) is 11.0. The van der Waals surface area contributed by atoms with Gasteiger partial charge in [0.25, 0.3) is 11.1 Å². The Kier molecular flexibility index (Phi) is 3.25. The lowest BCUT2D eigenvalue weighted by atomic mass is 10.2. The van der Waals surface area contributed by atoms with Gasteiger partial charge in [0.2, 0.25) is 0 Å². The number of anilines is 1. The van der Waals surface area contributed by atoms with Gasteiger partial charge in [-0.2, -0.15) is 0 Å². The van der Waals surface area contributed by atoms with Crippen LogP contribution in [0.1, 0.15) is 5.56 Å². The molecule has 4 N–H and O–H groups in total. The van der Waals surface area contributed by atoms with Crippen molar-refractivity contribution in [3.8, 4) is 0 Å². The second-order valence-corrected chi connectivity index (χ2v) is 4.53. The Morgan fingerprint density at radius 2 is 1.90 bits per heavy atom. The van der Waals surface area contributed by atoms with Gasteiger partial charge in [-0.25, -0.2) is 15.5 Å². The summed E-state index contributed by atoms with van der Waals surface area (Å²) in [6, 6.07) is 10.2. The minimum atomic E-state index is -0.309. The van der Waals surface area contributed by atoms with Crippen LogP contribution in [0, 0.1) is 0 Å². The second kappa shape index (κ2) is 5.22. The Bertz CT molecular complexity index is 913. The van der Waals surface area contributed by atoms with Crippen molar-refractivity contribution >= 4 is 16.6 Å². The molecule has 0 aliphatic heterocycles. The molecule has 0 bridgehead atoms. The van der Waals surface area contributed by atoms with Crippen LogP contribution in [0.3, 0.4) is 0 Å². The monoisotopic (exact) mass is 283 g/mol. The summed E-state index contributed by atoms with van der Waals surface area (Å²) >= 11 is 0. The second-order valence-electron chi connectivity index (χ2n) is 4.53. The summed E-state index contributed by atoms with van der Waals surface area (Å²) in [4.78, 5) is 28.5. The maximum absolute atomic E-state index is 12.4. The van der Waals surface area contributed by atoms with Gasteiger partial charge in [0.1, 0.15) is 5.82 Å². The molecule has 0 saturated heterocycles. The van der Waals surface area contributed by atoms with Gasteiger partial charge in [-0.3, -0.25) is 14.7 Å². The summed E-state index contributed by atoms with van der Waals surface area (Å²) in [6.07, 6.45) is 1.59. The molecule has 3 aromatic rings. The number of rotatable bonds is 3. The number of hydrogen-bond donors (Lipinski definition) is 3. The predicted octanol–water partition coefficient (Wildman–Crippen LogP) is 0.419. The third kappa shape index (κ3) is 2.30. The number of H-pyrrole nitrogens is 1. The minimum absolute atomic E-state index is 0.173. The van der Waals surface area contributed by atoms with Gasteiger partial charge in [0.05, 0.1) is 17.3 Å². The molecular formula is C14H13N5O2. The highest BCUT2D eigenvalue weighted by Gasteiger charge is 2.09. The normalized spacial score (nSPS) is 10.7. The summed E-state index contributed by atoms with van der Waals surface area (Å²) in [7, 11) is 0. The Balaban J connectivity index is 2.16. The molecule has 3 rings (SSSR count). The average molecular weight is 283 g/mol. The number of benzene rings is 1. The van der Waals surface area contributed by atoms with Crippen molar-refractivity contribution in [1.29, 1.82) is 0 Å². The van der Waals surface area contributed by atoms with Crippen LogP contribution in [0.15, 0.2) is 52.2 Å². The fourth-order valence-electron chi connectivity index (χ4n) is 2.22. The fraction of sp³-hybridized carbons (Fsp3) is 0.0714. The van der Waals surface area contributed by atoms with Gasteiger partial charge < -0.3 is 5.43 Å². The number of aromatic nitrogens is 3. The van der Waals surface area contributed by atoms with E-state index in [1.54, 1.807) is 42.6 Å². The highest BCUT2D eigenvalue weighted by atomic mass is 16.2. The van der Waals surface area contributed by atoms with Crippen LogP contribution in [0.25, 0.3) is 10.8 Å². The third-order valence-corrected chi connectivity index (χ3v) is 3.24. The van der Waals surface area contributed by atoms with E-state index in [0.29, 0.717) is 22.2 Å². The van der Waals surface area contributed by atoms with Crippen LogP contribution < -0.4 is 22.4 Å². The number of fused-ring (bicyclic) bond motifs is 1. The first-order chi connectivity index (χ1) is 10.2. The van der Waals surface area contributed by atoms with E-state index in [1.807, 2.05) is 0 Å². The molecule has 1 aromatic carbocycles. The molecule has 21 heavy (non-hydrogen) atoms. The molecule has 2 aromatic heterocycles. The number of nitrogens with one attached hydrogen (secondary N) is 2. The quantitative estimate of drug-likeness (QED) is 0.477. The number of nitrogen functional groups attached to an aromatic ring is 1. The molecule has 106 valence electrons. The molecule has 0 spiro atoms. The van der Waals surface area contributed by atoms with E-state index in [0.717, 1.165) is 0 Å². The van der Waals surface area contributed by atoms with Crippen molar-refractivity contribution in [2.24, 2.45) is 5.84 Å². The van der Waals surface area contributed by atoms with Crippen molar-refractivity contribution < 1.29 is 0 Å². The van der Waals surface area contributed by atoms with E-state index >= 15 is 0 Å². The van der Waals surface area contributed by atoms with Crippen LogP contribution in [-0.4, -0.2) is 14.8 Å². The van der Waals surface area contributed by atoms with Crippen molar-refractivity contribution in [2.45, 2.75) is 6.54 Å². The molecule has 0 saturated carbocycles. The highest BCUT2D eigenvalue weighted by molar-refractivity contribution is 5.80. The third-order valence-electron chi connectivity index (χ3n) is 3.24. The van der Waals surface area contributed by atoms with Crippen LogP contribution in [0.2, 0.25) is 0 Å². The van der Waals surface area contributed by atoms with Crippen molar-refractivity contribution in [3.05, 3.63) is 68.9 Å². The molecule has 0 unspecified atom stereocenters. The smallest absolute Gasteiger partial charge is 0.273 e. The summed E-state index contributed by atoms with van der Waals surface area (Å²) in [5, 5.41) is 3.33. The van der Waals surface area contributed by atoms with E-state index in [2.05, 4.69) is 15.5 Å². The predicted molar refractivity (Wildman–Crippen MR) is 80.0 cm³/mol. The number of aromatic amines is 1. The molecule has 0 fully saturated rings. The SMILES string of the molecule is NNc1ncccc1Cn1[nH]c(=O)c2ccccc2c1=O. The van der Waals surface area contributed by atoms with Crippen molar-refractivity contribution in [3.63, 3.8) is 0 Å². The van der Waals surface area contributed by atoms with Gasteiger partial charge in [-0.05, 0) is 18.2 Å². The minimum Gasteiger partial charge on any atom is -0.308 e. The standard InChI is InChI=1S/C14H13N5O2/c15-17-12-9(4-3-7-16-12)8-19-14(21)11-6-2-1-5-10(11)13(20)18-19/h1-7H,8,15H2,(H,16,17)(H,18,20). The molecule has 0 aliphatic rings. The van der Waals surface area contributed by atoms with Gasteiger partial charge in [0, 0.05) is 11.8 Å². The molecule has 2 heterocycles. The highest BCUT2D eigenvalue weighted by Crippen LogP contribution is 2.10. The first kappa shape index (κ1) is 13.1. The summed E-state index contributed by atoms with van der Waals surface area (Å²) < 4.78 is 1.25. The van der Waals surface area contributed by atoms with Gasteiger partial charge in [-0.15, -0.1) is 0 Å². The largest absolute Gasteiger partial charge is 0.308 e. The average Bonchev–Trinajstić information content (AvgIpc) is 2.53. The molecular weight excluding hydrogens is 270 g/mol. The van der Waals surface area contributed by atoms with Gasteiger partial charge in [0.15, 0.2) is 0 Å². The van der Waals surface area contributed by atoms with Crippen LogP contribution in [0.5, 0.6) is 0 Å². The Morgan fingerprint density at radius 1 is 1.14 bits per heavy atom. The van der Waals surface area contributed by atoms with Gasteiger partial charge >= 0.3 is 0 Å². The Labute approximate surface area is 119 Å². The molecule has 7 nitrogen and oxygen atoms in total. The van der Waals surface area contributed by atoms with E-state index in [1.165, 1.54) is 4.68 Å². The topological polar surface area (TPSA) is 106 Å². The lowest BCUT2D eigenvalue weighted by Crippen LogP contribution is -2.30. The van der Waals surface area contributed by atoms with E-state index in [9.17, 15) is 9.59 Å². The fourth-order valence-corrected chi connectivity index (χ4v) is 2.22. The summed E-state index contributed by atoms with van der Waals surface area (Å²) in [5.41, 5.74) is 2.59.